The van der Waals surface area contributed by atoms with Gasteiger partial charge in [0.2, 0.25) is 0 Å². The van der Waals surface area contributed by atoms with Crippen LogP contribution in [-0.4, -0.2) is 39.2 Å². The molecule has 0 bridgehead atoms. The summed E-state index contributed by atoms with van der Waals surface area (Å²) in [7, 11) is 0. The molecule has 1 aliphatic heterocycles. The number of anilines is 2. The van der Waals surface area contributed by atoms with Crippen LogP contribution in [0.1, 0.15) is 23.3 Å². The molecule has 0 spiro atoms. The third kappa shape index (κ3) is 3.47. The van der Waals surface area contributed by atoms with Gasteiger partial charge in [-0.15, -0.1) is 0 Å². The number of carbonyl (C=O) groups excluding carboxylic acids is 1. The maximum absolute atomic E-state index is 13.4. The molecule has 8 heteroatoms. The lowest BCUT2D eigenvalue weighted by atomic mass is 10.0. The fraction of sp³-hybridized carbons (Fsp3) is 0.182. The number of hydrogen-bond acceptors (Lipinski definition) is 5. The lowest BCUT2D eigenvalue weighted by Crippen LogP contribution is -2.17. The number of fused-ring (bicyclic) bond motifs is 1. The van der Waals surface area contributed by atoms with E-state index in [1.165, 1.54) is 25.1 Å². The van der Waals surface area contributed by atoms with Gasteiger partial charge in [-0.2, -0.15) is 5.10 Å². The second kappa shape index (κ2) is 7.55. The highest BCUT2D eigenvalue weighted by atomic mass is 19.1. The maximum atomic E-state index is 13.4. The minimum absolute atomic E-state index is 0.236. The summed E-state index contributed by atoms with van der Waals surface area (Å²) in [5.41, 5.74) is 4.27. The normalized spacial score (nSPS) is 13.7. The highest BCUT2D eigenvalue weighted by Crippen LogP contribution is 2.29. The summed E-state index contributed by atoms with van der Waals surface area (Å²) < 4.78 is 13.4. The number of halogens is 1. The molecule has 7 nitrogen and oxygen atoms in total. The summed E-state index contributed by atoms with van der Waals surface area (Å²) in [5, 5.41) is 10.4. The van der Waals surface area contributed by atoms with Crippen LogP contribution in [0, 0.1) is 5.82 Å². The van der Waals surface area contributed by atoms with Gasteiger partial charge in [-0.05, 0) is 36.6 Å². The first-order valence-corrected chi connectivity index (χ1v) is 9.78. The average Bonchev–Trinajstić information content (AvgIpc) is 3.43. The molecular formula is C22H19FN6O. The van der Waals surface area contributed by atoms with Crippen molar-refractivity contribution in [3.05, 3.63) is 66.6 Å². The van der Waals surface area contributed by atoms with E-state index in [2.05, 4.69) is 36.4 Å². The molecule has 5 rings (SSSR count). The number of carbonyl (C=O) groups is 1. The number of pyridine rings is 2. The van der Waals surface area contributed by atoms with Crippen LogP contribution in [-0.2, 0) is 0 Å². The monoisotopic (exact) mass is 402 g/mol. The van der Waals surface area contributed by atoms with E-state index in [0.29, 0.717) is 5.39 Å². The van der Waals surface area contributed by atoms with Crippen LogP contribution in [0.2, 0.25) is 0 Å². The standard InChI is InChI=1S/C22H19FN6O/c23-16-9-17(12-25-11-16)26-22(30)21-19-8-14(3-4-20(19)27-28-21)15-7-18(13-24-10-15)29-5-1-2-6-29/h3-4,7-13H,1-2,5-6H2,(H,26,30)(H,27,28). The van der Waals surface area contributed by atoms with Gasteiger partial charge >= 0.3 is 0 Å². The number of aromatic nitrogens is 4. The van der Waals surface area contributed by atoms with Crippen molar-refractivity contribution >= 4 is 28.2 Å². The molecule has 0 saturated carbocycles. The Morgan fingerprint density at radius 2 is 1.83 bits per heavy atom. The number of benzene rings is 1. The fourth-order valence-corrected chi connectivity index (χ4v) is 3.77. The largest absolute Gasteiger partial charge is 0.370 e. The zero-order valence-corrected chi connectivity index (χ0v) is 16.1. The number of H-pyrrole nitrogens is 1. The molecule has 0 radical (unpaired) electrons. The first kappa shape index (κ1) is 18.2. The number of aromatic amines is 1. The number of nitrogens with one attached hydrogen (secondary N) is 2. The van der Waals surface area contributed by atoms with Crippen LogP contribution in [0.4, 0.5) is 15.8 Å². The smallest absolute Gasteiger partial charge is 0.276 e. The molecule has 1 aliphatic rings. The van der Waals surface area contributed by atoms with E-state index >= 15 is 0 Å². The Morgan fingerprint density at radius 1 is 1.00 bits per heavy atom. The second-order valence-corrected chi connectivity index (χ2v) is 7.30. The van der Waals surface area contributed by atoms with Crippen molar-refractivity contribution in [2.45, 2.75) is 12.8 Å². The molecular weight excluding hydrogens is 383 g/mol. The minimum atomic E-state index is -0.521. The van der Waals surface area contributed by atoms with Crippen molar-refractivity contribution in [2.24, 2.45) is 0 Å². The van der Waals surface area contributed by atoms with Crippen molar-refractivity contribution in [2.75, 3.05) is 23.3 Å². The van der Waals surface area contributed by atoms with E-state index in [0.717, 1.165) is 41.6 Å². The van der Waals surface area contributed by atoms with E-state index in [1.807, 2.05) is 30.6 Å². The van der Waals surface area contributed by atoms with Gasteiger partial charge in [0.1, 0.15) is 5.82 Å². The lowest BCUT2D eigenvalue weighted by molar-refractivity contribution is 0.102. The van der Waals surface area contributed by atoms with Crippen LogP contribution in [0.15, 0.2) is 55.1 Å². The van der Waals surface area contributed by atoms with Crippen LogP contribution >= 0.6 is 0 Å². The molecule has 0 atom stereocenters. The predicted octanol–water partition coefficient (Wildman–Crippen LogP) is 4.01. The van der Waals surface area contributed by atoms with Gasteiger partial charge < -0.3 is 10.2 Å². The third-order valence-electron chi connectivity index (χ3n) is 5.27. The quantitative estimate of drug-likeness (QED) is 0.539. The summed E-state index contributed by atoms with van der Waals surface area (Å²) in [5.74, 6) is -0.956. The summed E-state index contributed by atoms with van der Waals surface area (Å²) in [6.45, 7) is 2.09. The molecule has 2 N–H and O–H groups in total. The molecule has 0 unspecified atom stereocenters. The molecule has 1 aromatic carbocycles. The predicted molar refractivity (Wildman–Crippen MR) is 113 cm³/mol. The van der Waals surface area contributed by atoms with Gasteiger partial charge in [0, 0.05) is 36.3 Å². The highest BCUT2D eigenvalue weighted by Gasteiger charge is 2.17. The SMILES string of the molecule is O=C(Nc1cncc(F)c1)c1n[nH]c2ccc(-c3cncc(N4CCCC4)c3)cc12. The Balaban J connectivity index is 1.47. The van der Waals surface area contributed by atoms with Crippen LogP contribution in [0.25, 0.3) is 22.0 Å². The average molecular weight is 402 g/mol. The Hall–Kier alpha value is -3.81. The Labute approximate surface area is 172 Å². The van der Waals surface area contributed by atoms with Gasteiger partial charge in [-0.1, -0.05) is 6.07 Å². The van der Waals surface area contributed by atoms with Crippen LogP contribution < -0.4 is 10.2 Å². The van der Waals surface area contributed by atoms with Crippen molar-refractivity contribution < 1.29 is 9.18 Å². The Morgan fingerprint density at radius 3 is 2.67 bits per heavy atom. The Bertz CT molecular complexity index is 1230. The van der Waals surface area contributed by atoms with E-state index < -0.39 is 11.7 Å². The maximum Gasteiger partial charge on any atom is 0.276 e. The summed E-state index contributed by atoms with van der Waals surface area (Å²) in [6, 6.07) is 9.12. The van der Waals surface area contributed by atoms with E-state index in [9.17, 15) is 9.18 Å². The molecule has 0 aliphatic carbocycles. The lowest BCUT2D eigenvalue weighted by Gasteiger charge is -2.17. The zero-order chi connectivity index (χ0) is 20.5. The van der Waals surface area contributed by atoms with E-state index in [1.54, 1.807) is 0 Å². The summed E-state index contributed by atoms with van der Waals surface area (Å²) in [4.78, 5) is 23.2. The number of hydrogen-bond donors (Lipinski definition) is 2. The zero-order valence-electron chi connectivity index (χ0n) is 16.1. The Kier molecular flexibility index (Phi) is 4.59. The molecule has 30 heavy (non-hydrogen) atoms. The third-order valence-corrected chi connectivity index (χ3v) is 5.27. The van der Waals surface area contributed by atoms with Gasteiger partial charge in [0.25, 0.3) is 5.91 Å². The van der Waals surface area contributed by atoms with Gasteiger partial charge in [0.15, 0.2) is 5.69 Å². The number of rotatable bonds is 4. The van der Waals surface area contributed by atoms with Crippen molar-refractivity contribution in [1.82, 2.24) is 20.2 Å². The second-order valence-electron chi connectivity index (χ2n) is 7.30. The molecule has 1 saturated heterocycles. The van der Waals surface area contributed by atoms with Gasteiger partial charge in [-0.3, -0.25) is 19.9 Å². The number of amides is 1. The molecule has 150 valence electrons. The molecule has 1 amide bonds. The minimum Gasteiger partial charge on any atom is -0.370 e. The summed E-state index contributed by atoms with van der Waals surface area (Å²) in [6.07, 6.45) is 8.57. The fourth-order valence-electron chi connectivity index (χ4n) is 3.77. The van der Waals surface area contributed by atoms with Crippen molar-refractivity contribution in [3.8, 4) is 11.1 Å². The molecule has 1 fully saturated rings. The topological polar surface area (TPSA) is 86.8 Å². The first-order valence-electron chi connectivity index (χ1n) is 9.78. The molecule has 4 aromatic rings. The molecule has 4 heterocycles. The van der Waals surface area contributed by atoms with Crippen LogP contribution in [0.5, 0.6) is 0 Å². The van der Waals surface area contributed by atoms with E-state index in [-0.39, 0.29) is 11.4 Å². The van der Waals surface area contributed by atoms with Crippen LogP contribution in [0.3, 0.4) is 0 Å². The van der Waals surface area contributed by atoms with Crippen molar-refractivity contribution in [3.63, 3.8) is 0 Å². The van der Waals surface area contributed by atoms with Gasteiger partial charge in [-0.25, -0.2) is 4.39 Å². The van der Waals surface area contributed by atoms with Gasteiger partial charge in [0.05, 0.1) is 35.5 Å². The summed E-state index contributed by atoms with van der Waals surface area (Å²) >= 11 is 0. The first-order chi connectivity index (χ1) is 14.7. The van der Waals surface area contributed by atoms with Crippen molar-refractivity contribution in [1.29, 1.82) is 0 Å². The molecule has 3 aromatic heterocycles. The number of nitrogens with zero attached hydrogens (tertiary/aromatic N) is 4. The highest BCUT2D eigenvalue weighted by molar-refractivity contribution is 6.11. The van der Waals surface area contributed by atoms with E-state index in [4.69, 9.17) is 0 Å².